The minimum atomic E-state index is -0.550. The Bertz CT molecular complexity index is 559. The summed E-state index contributed by atoms with van der Waals surface area (Å²) in [5.74, 6) is -0.484. The van der Waals surface area contributed by atoms with E-state index in [2.05, 4.69) is 36.7 Å². The van der Waals surface area contributed by atoms with Gasteiger partial charge in [-0.3, -0.25) is 0 Å². The topological polar surface area (TPSA) is 52.3 Å². The molecular formula is C16H21BrFNO2. The lowest BCUT2D eigenvalue weighted by Crippen LogP contribution is -2.34. The molecule has 2 unspecified atom stereocenters. The first-order valence-electron chi connectivity index (χ1n) is 7.13. The molecule has 0 spiro atoms. The van der Waals surface area contributed by atoms with Crippen LogP contribution in [0.5, 0.6) is 0 Å². The Balaban J connectivity index is 2.13. The molecule has 1 saturated carbocycles. The van der Waals surface area contributed by atoms with E-state index in [9.17, 15) is 9.18 Å². The van der Waals surface area contributed by atoms with E-state index >= 15 is 0 Å². The highest BCUT2D eigenvalue weighted by atomic mass is 79.9. The highest BCUT2D eigenvalue weighted by Gasteiger charge is 2.34. The average Bonchev–Trinajstić information content (AvgIpc) is 2.30. The summed E-state index contributed by atoms with van der Waals surface area (Å²) < 4.78 is 19.3. The Kier molecular flexibility index (Phi) is 4.61. The maximum atomic E-state index is 13.3. The van der Waals surface area contributed by atoms with Gasteiger partial charge in [0.2, 0.25) is 0 Å². The number of nitrogen functional groups attached to an aromatic ring is 1. The third-order valence-corrected chi connectivity index (χ3v) is 4.58. The molecule has 0 heterocycles. The maximum absolute atomic E-state index is 13.3. The van der Waals surface area contributed by atoms with E-state index in [1.54, 1.807) is 0 Å². The van der Waals surface area contributed by atoms with E-state index < -0.39 is 11.8 Å². The molecule has 1 aromatic rings. The quantitative estimate of drug-likeness (QED) is 0.624. The zero-order chi connectivity index (χ0) is 15.8. The van der Waals surface area contributed by atoms with Gasteiger partial charge in [-0.2, -0.15) is 0 Å². The predicted molar refractivity (Wildman–Crippen MR) is 84.5 cm³/mol. The van der Waals surface area contributed by atoms with Crippen LogP contribution in [0.3, 0.4) is 0 Å². The molecule has 0 aromatic heterocycles. The van der Waals surface area contributed by atoms with Crippen LogP contribution >= 0.6 is 15.9 Å². The van der Waals surface area contributed by atoms with Gasteiger partial charge in [-0.15, -0.1) is 0 Å². The minimum Gasteiger partial charge on any atom is -0.459 e. The molecule has 2 rings (SSSR count). The number of esters is 1. The van der Waals surface area contributed by atoms with Crippen LogP contribution in [0, 0.1) is 17.2 Å². The SMILES string of the molecule is CC1CC(OC(=O)c2cc(N)c(F)cc2Br)CC(C)(C)C1. The van der Waals surface area contributed by atoms with E-state index in [0.29, 0.717) is 10.4 Å². The third-order valence-electron chi connectivity index (χ3n) is 3.93. The Morgan fingerprint density at radius 2 is 2.10 bits per heavy atom. The molecule has 0 bridgehead atoms. The molecule has 5 heteroatoms. The lowest BCUT2D eigenvalue weighted by atomic mass is 9.71. The lowest BCUT2D eigenvalue weighted by molar-refractivity contribution is -0.00722. The summed E-state index contributed by atoms with van der Waals surface area (Å²) in [6.45, 7) is 6.55. The van der Waals surface area contributed by atoms with Gasteiger partial charge < -0.3 is 10.5 Å². The van der Waals surface area contributed by atoms with Crippen molar-refractivity contribution in [2.24, 2.45) is 11.3 Å². The molecule has 1 aromatic carbocycles. The zero-order valence-electron chi connectivity index (χ0n) is 12.6. The first-order valence-corrected chi connectivity index (χ1v) is 7.93. The molecule has 0 aliphatic heterocycles. The Hall–Kier alpha value is -1.10. The molecule has 2 N–H and O–H groups in total. The molecule has 21 heavy (non-hydrogen) atoms. The second-order valence-corrected chi connectivity index (χ2v) is 7.65. The van der Waals surface area contributed by atoms with Crippen LogP contribution in [-0.2, 0) is 4.74 Å². The van der Waals surface area contributed by atoms with Crippen LogP contribution in [-0.4, -0.2) is 12.1 Å². The van der Waals surface area contributed by atoms with Gasteiger partial charge in [-0.25, -0.2) is 9.18 Å². The number of hydrogen-bond acceptors (Lipinski definition) is 3. The Morgan fingerprint density at radius 3 is 2.71 bits per heavy atom. The largest absolute Gasteiger partial charge is 0.459 e. The summed E-state index contributed by atoms with van der Waals surface area (Å²) in [4.78, 5) is 12.3. The van der Waals surface area contributed by atoms with Crippen molar-refractivity contribution in [3.05, 3.63) is 28.0 Å². The number of nitrogens with two attached hydrogens (primary N) is 1. The van der Waals surface area contributed by atoms with Gasteiger partial charge in [0, 0.05) is 4.47 Å². The van der Waals surface area contributed by atoms with Crippen LogP contribution in [0.2, 0.25) is 0 Å². The van der Waals surface area contributed by atoms with Crippen molar-refractivity contribution in [3.63, 3.8) is 0 Å². The summed E-state index contributed by atoms with van der Waals surface area (Å²) in [6, 6.07) is 2.51. The summed E-state index contributed by atoms with van der Waals surface area (Å²) in [5, 5.41) is 0. The fourth-order valence-corrected chi connectivity index (χ4v) is 3.76. The predicted octanol–water partition coefficient (Wildman–Crippen LogP) is 4.54. The van der Waals surface area contributed by atoms with E-state index in [0.717, 1.165) is 19.3 Å². The summed E-state index contributed by atoms with van der Waals surface area (Å²) in [7, 11) is 0. The Morgan fingerprint density at radius 1 is 1.43 bits per heavy atom. The van der Waals surface area contributed by atoms with E-state index in [1.165, 1.54) is 12.1 Å². The normalized spacial score (nSPS) is 24.6. The number of rotatable bonds is 2. The number of hydrogen-bond donors (Lipinski definition) is 1. The van der Waals surface area contributed by atoms with Crippen molar-refractivity contribution in [2.75, 3.05) is 5.73 Å². The molecule has 1 fully saturated rings. The van der Waals surface area contributed by atoms with Crippen LogP contribution in [0.25, 0.3) is 0 Å². The number of benzene rings is 1. The van der Waals surface area contributed by atoms with Gasteiger partial charge >= 0.3 is 5.97 Å². The highest BCUT2D eigenvalue weighted by molar-refractivity contribution is 9.10. The van der Waals surface area contributed by atoms with Gasteiger partial charge in [0.05, 0.1) is 11.3 Å². The minimum absolute atomic E-state index is 0.0532. The van der Waals surface area contributed by atoms with E-state index in [-0.39, 0.29) is 22.8 Å². The van der Waals surface area contributed by atoms with Crippen molar-refractivity contribution in [1.29, 1.82) is 0 Å². The summed E-state index contributed by atoms with van der Waals surface area (Å²) >= 11 is 3.18. The number of anilines is 1. The summed E-state index contributed by atoms with van der Waals surface area (Å²) in [5.41, 5.74) is 5.91. The maximum Gasteiger partial charge on any atom is 0.339 e. The molecule has 0 amide bonds. The first kappa shape index (κ1) is 16.3. The van der Waals surface area contributed by atoms with Crippen LogP contribution in [0.4, 0.5) is 10.1 Å². The van der Waals surface area contributed by atoms with Crippen LogP contribution in [0.1, 0.15) is 50.4 Å². The van der Waals surface area contributed by atoms with Crippen LogP contribution < -0.4 is 5.73 Å². The highest BCUT2D eigenvalue weighted by Crippen LogP contribution is 2.40. The number of carbonyl (C=O) groups excluding carboxylic acids is 1. The van der Waals surface area contributed by atoms with Gasteiger partial charge in [-0.05, 0) is 58.7 Å². The van der Waals surface area contributed by atoms with Crippen LogP contribution in [0.15, 0.2) is 16.6 Å². The standard InChI is InChI=1S/C16H21BrFNO2/c1-9-4-10(8-16(2,3)7-9)21-15(20)11-5-14(19)13(18)6-12(11)17/h5-6,9-10H,4,7-8,19H2,1-3H3. The van der Waals surface area contributed by atoms with Gasteiger partial charge in [0.25, 0.3) is 0 Å². The first-order chi connectivity index (χ1) is 9.68. The molecule has 1 aliphatic rings. The fourth-order valence-electron chi connectivity index (χ4n) is 3.29. The molecule has 0 radical (unpaired) electrons. The fraction of sp³-hybridized carbons (Fsp3) is 0.562. The second kappa shape index (κ2) is 5.95. The van der Waals surface area contributed by atoms with Gasteiger partial charge in [0.15, 0.2) is 0 Å². The molecule has 116 valence electrons. The van der Waals surface area contributed by atoms with Crippen molar-refractivity contribution < 1.29 is 13.9 Å². The number of carbonyl (C=O) groups is 1. The van der Waals surface area contributed by atoms with E-state index in [1.807, 2.05) is 0 Å². The van der Waals surface area contributed by atoms with E-state index in [4.69, 9.17) is 10.5 Å². The third kappa shape index (κ3) is 3.96. The number of ether oxygens (including phenoxy) is 1. The number of halogens is 2. The molecule has 2 atom stereocenters. The zero-order valence-corrected chi connectivity index (χ0v) is 14.2. The van der Waals surface area contributed by atoms with Gasteiger partial charge in [-0.1, -0.05) is 20.8 Å². The monoisotopic (exact) mass is 357 g/mol. The van der Waals surface area contributed by atoms with Crippen molar-refractivity contribution in [1.82, 2.24) is 0 Å². The van der Waals surface area contributed by atoms with Crippen molar-refractivity contribution >= 4 is 27.6 Å². The average molecular weight is 358 g/mol. The lowest BCUT2D eigenvalue weighted by Gasteiger charge is -2.38. The summed E-state index contributed by atoms with van der Waals surface area (Å²) in [6.07, 6.45) is 2.74. The smallest absolute Gasteiger partial charge is 0.339 e. The Labute approximate surface area is 133 Å². The second-order valence-electron chi connectivity index (χ2n) is 6.79. The molecule has 1 aliphatic carbocycles. The van der Waals surface area contributed by atoms with Crippen molar-refractivity contribution in [3.8, 4) is 0 Å². The molecule has 3 nitrogen and oxygen atoms in total. The van der Waals surface area contributed by atoms with Gasteiger partial charge in [0.1, 0.15) is 11.9 Å². The van der Waals surface area contributed by atoms with Crippen molar-refractivity contribution in [2.45, 2.75) is 46.1 Å². The molecular weight excluding hydrogens is 337 g/mol. The molecule has 0 saturated heterocycles.